The van der Waals surface area contributed by atoms with Gasteiger partial charge in [-0.25, -0.2) is 4.98 Å². The quantitative estimate of drug-likeness (QED) is 0.879. The minimum absolute atomic E-state index is 0.304. The minimum Gasteiger partial charge on any atom is -0.348 e. The van der Waals surface area contributed by atoms with E-state index in [2.05, 4.69) is 15.3 Å². The van der Waals surface area contributed by atoms with Gasteiger partial charge >= 0.3 is 0 Å². The van der Waals surface area contributed by atoms with Crippen LogP contribution >= 0.6 is 23.2 Å². The third-order valence-electron chi connectivity index (χ3n) is 2.17. The van der Waals surface area contributed by atoms with Crippen molar-refractivity contribution in [3.63, 3.8) is 0 Å². The monoisotopic (exact) mass is 269 g/mol. The molecule has 0 radical (unpaired) electrons. The van der Waals surface area contributed by atoms with Gasteiger partial charge in [0.2, 0.25) is 0 Å². The molecule has 2 rings (SSSR count). The molecule has 0 saturated heterocycles. The van der Waals surface area contributed by atoms with E-state index in [9.17, 15) is 4.79 Å². The fourth-order valence-corrected chi connectivity index (χ4v) is 1.93. The number of hydrogen-bond donors (Lipinski definition) is 2. The van der Waals surface area contributed by atoms with E-state index < -0.39 is 0 Å². The Labute approximate surface area is 108 Å². The lowest BCUT2D eigenvalue weighted by molar-refractivity contribution is 0.102. The summed E-state index contributed by atoms with van der Waals surface area (Å²) in [4.78, 5) is 18.6. The molecule has 0 aliphatic heterocycles. The maximum Gasteiger partial charge on any atom is 0.276 e. The number of nitrogens with zero attached hydrogens (tertiary/aromatic N) is 1. The van der Waals surface area contributed by atoms with Crippen LogP contribution in [0.3, 0.4) is 0 Å². The van der Waals surface area contributed by atoms with E-state index in [4.69, 9.17) is 23.2 Å². The first-order valence-corrected chi connectivity index (χ1v) is 5.59. The van der Waals surface area contributed by atoms with Gasteiger partial charge < -0.3 is 10.3 Å². The van der Waals surface area contributed by atoms with Crippen molar-refractivity contribution in [3.05, 3.63) is 46.0 Å². The Hall–Kier alpha value is -1.52. The van der Waals surface area contributed by atoms with Crippen LogP contribution in [-0.4, -0.2) is 15.9 Å². The molecule has 1 aromatic carbocycles. The zero-order valence-electron chi connectivity index (χ0n) is 8.92. The van der Waals surface area contributed by atoms with Crippen LogP contribution < -0.4 is 5.32 Å². The standard InChI is InChI=1S/C11H9Cl2N3O/c1-6-10(15-5-14-6)11(17)16-9-3-7(12)2-8(13)4-9/h2-5H,1H3,(H,14,15)(H,16,17). The van der Waals surface area contributed by atoms with Gasteiger partial charge in [-0.1, -0.05) is 23.2 Å². The Morgan fingerprint density at radius 1 is 1.29 bits per heavy atom. The molecule has 0 aliphatic rings. The number of imidazole rings is 1. The number of carbonyl (C=O) groups is 1. The summed E-state index contributed by atoms with van der Waals surface area (Å²) in [5.74, 6) is -0.304. The Balaban J connectivity index is 2.21. The molecule has 4 nitrogen and oxygen atoms in total. The van der Waals surface area contributed by atoms with Crippen LogP contribution in [-0.2, 0) is 0 Å². The molecule has 2 aromatic rings. The van der Waals surface area contributed by atoms with Crippen LogP contribution in [0.1, 0.15) is 16.2 Å². The molecular weight excluding hydrogens is 261 g/mol. The maximum atomic E-state index is 11.8. The van der Waals surface area contributed by atoms with Crippen molar-refractivity contribution in [3.8, 4) is 0 Å². The summed E-state index contributed by atoms with van der Waals surface area (Å²) in [6.45, 7) is 1.77. The van der Waals surface area contributed by atoms with Gasteiger partial charge in [0, 0.05) is 21.4 Å². The molecule has 0 bridgehead atoms. The highest BCUT2D eigenvalue weighted by molar-refractivity contribution is 6.35. The van der Waals surface area contributed by atoms with Crippen LogP contribution in [0.2, 0.25) is 10.0 Å². The van der Waals surface area contributed by atoms with Gasteiger partial charge in [0.25, 0.3) is 5.91 Å². The minimum atomic E-state index is -0.304. The lowest BCUT2D eigenvalue weighted by atomic mass is 10.3. The lowest BCUT2D eigenvalue weighted by Crippen LogP contribution is -2.13. The lowest BCUT2D eigenvalue weighted by Gasteiger charge is -2.05. The molecule has 1 amide bonds. The van der Waals surface area contributed by atoms with Crippen molar-refractivity contribution in [1.82, 2.24) is 9.97 Å². The summed E-state index contributed by atoms with van der Waals surface area (Å²) >= 11 is 11.7. The molecule has 88 valence electrons. The predicted molar refractivity (Wildman–Crippen MR) is 67.7 cm³/mol. The van der Waals surface area contributed by atoms with Crippen LogP contribution in [0.15, 0.2) is 24.5 Å². The van der Waals surface area contributed by atoms with E-state index in [1.54, 1.807) is 25.1 Å². The summed E-state index contributed by atoms with van der Waals surface area (Å²) in [6, 6.07) is 4.83. The van der Waals surface area contributed by atoms with E-state index in [-0.39, 0.29) is 5.91 Å². The van der Waals surface area contributed by atoms with Crippen molar-refractivity contribution >= 4 is 34.8 Å². The summed E-state index contributed by atoms with van der Waals surface area (Å²) in [7, 11) is 0. The van der Waals surface area contributed by atoms with E-state index in [0.29, 0.717) is 27.1 Å². The van der Waals surface area contributed by atoms with Crippen molar-refractivity contribution < 1.29 is 4.79 Å². The molecule has 17 heavy (non-hydrogen) atoms. The number of benzene rings is 1. The first-order valence-electron chi connectivity index (χ1n) is 4.83. The second-order valence-electron chi connectivity index (χ2n) is 3.49. The molecule has 0 saturated carbocycles. The van der Waals surface area contributed by atoms with E-state index in [0.717, 1.165) is 0 Å². The number of rotatable bonds is 2. The topological polar surface area (TPSA) is 57.8 Å². The van der Waals surface area contributed by atoms with Gasteiger partial charge in [-0.3, -0.25) is 4.79 Å². The van der Waals surface area contributed by atoms with Crippen molar-refractivity contribution in [2.45, 2.75) is 6.92 Å². The van der Waals surface area contributed by atoms with E-state index in [1.807, 2.05) is 0 Å². The molecule has 6 heteroatoms. The Morgan fingerprint density at radius 2 is 1.94 bits per heavy atom. The molecule has 0 fully saturated rings. The number of aromatic amines is 1. The number of halogens is 2. The van der Waals surface area contributed by atoms with Crippen LogP contribution in [0, 0.1) is 6.92 Å². The number of nitrogens with one attached hydrogen (secondary N) is 2. The van der Waals surface area contributed by atoms with E-state index >= 15 is 0 Å². The highest BCUT2D eigenvalue weighted by atomic mass is 35.5. The van der Waals surface area contributed by atoms with Crippen molar-refractivity contribution in [2.75, 3.05) is 5.32 Å². The average molecular weight is 270 g/mol. The molecule has 0 atom stereocenters. The average Bonchev–Trinajstić information content (AvgIpc) is 2.62. The molecule has 1 heterocycles. The van der Waals surface area contributed by atoms with Gasteiger partial charge in [-0.15, -0.1) is 0 Å². The zero-order valence-corrected chi connectivity index (χ0v) is 10.4. The molecule has 0 unspecified atom stereocenters. The highest BCUT2D eigenvalue weighted by Gasteiger charge is 2.12. The van der Waals surface area contributed by atoms with Crippen LogP contribution in [0.4, 0.5) is 5.69 Å². The van der Waals surface area contributed by atoms with E-state index in [1.165, 1.54) is 6.33 Å². The van der Waals surface area contributed by atoms with Gasteiger partial charge in [-0.2, -0.15) is 0 Å². The first kappa shape index (κ1) is 12.0. The number of amides is 1. The molecule has 2 N–H and O–H groups in total. The van der Waals surface area contributed by atoms with Gasteiger partial charge in [0.05, 0.1) is 6.33 Å². The van der Waals surface area contributed by atoms with Crippen LogP contribution in [0.25, 0.3) is 0 Å². The summed E-state index contributed by atoms with van der Waals surface area (Å²) in [6.07, 6.45) is 1.47. The number of carbonyl (C=O) groups excluding carboxylic acids is 1. The largest absolute Gasteiger partial charge is 0.348 e. The summed E-state index contributed by atoms with van der Waals surface area (Å²) in [5.41, 5.74) is 1.59. The predicted octanol–water partition coefficient (Wildman–Crippen LogP) is 3.28. The summed E-state index contributed by atoms with van der Waals surface area (Å²) < 4.78 is 0. The van der Waals surface area contributed by atoms with Gasteiger partial charge in [-0.05, 0) is 25.1 Å². The fourth-order valence-electron chi connectivity index (χ4n) is 1.40. The molecule has 1 aromatic heterocycles. The van der Waals surface area contributed by atoms with Crippen molar-refractivity contribution in [2.24, 2.45) is 0 Å². The number of H-pyrrole nitrogens is 1. The zero-order chi connectivity index (χ0) is 12.4. The second-order valence-corrected chi connectivity index (χ2v) is 4.36. The SMILES string of the molecule is Cc1[nH]cnc1C(=O)Nc1cc(Cl)cc(Cl)c1. The Morgan fingerprint density at radius 3 is 2.47 bits per heavy atom. The Bertz CT molecular complexity index is 545. The third kappa shape index (κ3) is 2.78. The summed E-state index contributed by atoms with van der Waals surface area (Å²) in [5, 5.41) is 3.61. The molecular formula is C11H9Cl2N3O. The second kappa shape index (κ2) is 4.77. The first-order chi connectivity index (χ1) is 8.06. The molecule has 0 aliphatic carbocycles. The number of aryl methyl sites for hydroxylation is 1. The van der Waals surface area contributed by atoms with Crippen molar-refractivity contribution in [1.29, 1.82) is 0 Å². The number of aromatic nitrogens is 2. The van der Waals surface area contributed by atoms with Crippen LogP contribution in [0.5, 0.6) is 0 Å². The number of anilines is 1. The third-order valence-corrected chi connectivity index (χ3v) is 2.60. The smallest absolute Gasteiger partial charge is 0.276 e. The highest BCUT2D eigenvalue weighted by Crippen LogP contribution is 2.22. The maximum absolute atomic E-state index is 11.8. The van der Waals surface area contributed by atoms with Gasteiger partial charge in [0.15, 0.2) is 0 Å². The Kier molecular flexibility index (Phi) is 3.36. The number of hydrogen-bond acceptors (Lipinski definition) is 2. The normalized spacial score (nSPS) is 10.3. The van der Waals surface area contributed by atoms with Gasteiger partial charge in [0.1, 0.15) is 5.69 Å². The molecule has 0 spiro atoms. The fraction of sp³-hybridized carbons (Fsp3) is 0.0909.